The van der Waals surface area contributed by atoms with Gasteiger partial charge in [0.2, 0.25) is 5.91 Å². The Morgan fingerprint density at radius 3 is 2.36 bits per heavy atom. The molecule has 5 rings (SSSR count). The van der Waals surface area contributed by atoms with E-state index in [1.807, 2.05) is 78.9 Å². The Bertz CT molecular complexity index is 1550. The molecule has 0 spiro atoms. The predicted octanol–water partition coefficient (Wildman–Crippen LogP) is 5.50. The number of aliphatic carboxylic acids is 1. The maximum Gasteiger partial charge on any atom is 0.303 e. The second kappa shape index (κ2) is 9.91. The van der Waals surface area contributed by atoms with Crippen molar-refractivity contribution in [3.63, 3.8) is 0 Å². The topological polar surface area (TPSA) is 103 Å². The molecule has 1 aromatic heterocycles. The number of H-pyrrole nitrogens is 1. The average molecular weight is 544 g/mol. The Hall–Kier alpha value is -4.04. The summed E-state index contributed by atoms with van der Waals surface area (Å²) in [5.74, 6) is -1.45. The van der Waals surface area contributed by atoms with Crippen molar-refractivity contribution in [2.45, 2.75) is 25.3 Å². The van der Waals surface area contributed by atoms with E-state index in [-0.39, 0.29) is 18.4 Å². The molecule has 1 aliphatic rings. The van der Waals surface area contributed by atoms with Crippen LogP contribution in [-0.4, -0.2) is 32.7 Å². The van der Waals surface area contributed by atoms with Crippen LogP contribution >= 0.6 is 15.9 Å². The number of carbonyl (C=O) groups is 2. The molecule has 2 heterocycles. The van der Waals surface area contributed by atoms with Crippen LogP contribution in [0.4, 0.5) is 0 Å². The number of aromatic nitrogens is 1. The molecular weight excluding hydrogens is 522 g/mol. The van der Waals surface area contributed by atoms with Gasteiger partial charge in [-0.05, 0) is 29.3 Å². The number of halogens is 1. The highest BCUT2D eigenvalue weighted by molar-refractivity contribution is 9.10. The minimum absolute atomic E-state index is 0.179. The summed E-state index contributed by atoms with van der Waals surface area (Å²) in [4.78, 5) is 40.6. The van der Waals surface area contributed by atoms with Crippen LogP contribution in [0.2, 0.25) is 0 Å². The van der Waals surface area contributed by atoms with Gasteiger partial charge in [0.15, 0.2) is 0 Å². The first-order valence-electron chi connectivity index (χ1n) is 11.5. The molecule has 1 atom stereocenters. The van der Waals surface area contributed by atoms with Crippen LogP contribution in [-0.2, 0) is 9.59 Å². The van der Waals surface area contributed by atoms with E-state index in [2.05, 4.69) is 26.0 Å². The van der Waals surface area contributed by atoms with E-state index in [9.17, 15) is 14.4 Å². The fourth-order valence-corrected chi connectivity index (χ4v) is 4.96. The number of carboxylic acid groups (broad SMARTS) is 1. The molecule has 36 heavy (non-hydrogen) atoms. The maximum absolute atomic E-state index is 13.5. The van der Waals surface area contributed by atoms with E-state index in [4.69, 9.17) is 5.11 Å². The Labute approximate surface area is 215 Å². The smallest absolute Gasteiger partial charge is 0.303 e. The first-order chi connectivity index (χ1) is 17.4. The SMILES string of the molecule is O=C(O)CCC(=O)N1N=C(c2c(-c3ccccc3)c3cc(Br)ccc3[nH]c2=O)C[C@H]1c1ccccc1. The fraction of sp³-hybridized carbons (Fsp3) is 0.143. The molecule has 4 aromatic rings. The molecule has 0 saturated heterocycles. The Morgan fingerprint density at radius 1 is 0.972 bits per heavy atom. The highest BCUT2D eigenvalue weighted by atomic mass is 79.9. The molecule has 7 nitrogen and oxygen atoms in total. The lowest BCUT2D eigenvalue weighted by atomic mass is 9.91. The third kappa shape index (κ3) is 4.59. The standard InChI is InChI=1S/C28H22BrN3O4/c29-19-11-12-21-20(15-19)26(18-9-5-2-6-10-18)27(28(36)30-21)22-16-23(17-7-3-1-4-8-17)32(31-22)24(33)13-14-25(34)35/h1-12,15,23H,13-14,16H2,(H,30,36)(H,34,35)/t23-/m0/s1. The highest BCUT2D eigenvalue weighted by Crippen LogP contribution is 2.37. The molecule has 0 saturated carbocycles. The summed E-state index contributed by atoms with van der Waals surface area (Å²) < 4.78 is 0.867. The molecule has 0 fully saturated rings. The van der Waals surface area contributed by atoms with Gasteiger partial charge >= 0.3 is 5.97 Å². The Morgan fingerprint density at radius 2 is 1.67 bits per heavy atom. The molecule has 1 amide bonds. The van der Waals surface area contributed by atoms with Crippen molar-refractivity contribution >= 4 is 44.4 Å². The van der Waals surface area contributed by atoms with Crippen LogP contribution in [0, 0.1) is 0 Å². The van der Waals surface area contributed by atoms with Crippen LogP contribution in [0.3, 0.4) is 0 Å². The highest BCUT2D eigenvalue weighted by Gasteiger charge is 2.35. The molecule has 0 unspecified atom stereocenters. The van der Waals surface area contributed by atoms with Gasteiger partial charge in [-0.2, -0.15) is 5.10 Å². The minimum atomic E-state index is -1.05. The van der Waals surface area contributed by atoms with Crippen LogP contribution < -0.4 is 5.56 Å². The third-order valence-corrected chi connectivity index (χ3v) is 6.72. The van der Waals surface area contributed by atoms with Crippen LogP contribution in [0.15, 0.2) is 93.2 Å². The van der Waals surface area contributed by atoms with Crippen molar-refractivity contribution in [2.75, 3.05) is 0 Å². The quantitative estimate of drug-likeness (QED) is 0.335. The van der Waals surface area contributed by atoms with Crippen LogP contribution in [0.5, 0.6) is 0 Å². The van der Waals surface area contributed by atoms with Gasteiger partial charge in [0, 0.05) is 33.8 Å². The second-order valence-corrected chi connectivity index (χ2v) is 9.49. The van der Waals surface area contributed by atoms with E-state index >= 15 is 0 Å². The number of fused-ring (bicyclic) bond motifs is 1. The summed E-state index contributed by atoms with van der Waals surface area (Å²) in [5, 5.41) is 15.9. The molecule has 2 N–H and O–H groups in total. The molecule has 180 valence electrons. The van der Waals surface area contributed by atoms with E-state index in [1.165, 1.54) is 5.01 Å². The van der Waals surface area contributed by atoms with Gasteiger partial charge in [-0.25, -0.2) is 5.01 Å². The summed E-state index contributed by atoms with van der Waals surface area (Å²) in [6.45, 7) is 0. The van der Waals surface area contributed by atoms with Gasteiger partial charge < -0.3 is 10.1 Å². The van der Waals surface area contributed by atoms with Crippen molar-refractivity contribution < 1.29 is 14.7 Å². The van der Waals surface area contributed by atoms with Crippen LogP contribution in [0.1, 0.15) is 36.4 Å². The normalized spacial score (nSPS) is 15.2. The number of nitrogens with one attached hydrogen (secondary N) is 1. The van der Waals surface area contributed by atoms with Gasteiger partial charge in [-0.15, -0.1) is 0 Å². The van der Waals surface area contributed by atoms with Crippen molar-refractivity contribution in [1.29, 1.82) is 0 Å². The van der Waals surface area contributed by atoms with Crippen molar-refractivity contribution in [3.8, 4) is 11.1 Å². The molecule has 1 aliphatic heterocycles. The third-order valence-electron chi connectivity index (χ3n) is 6.23. The van der Waals surface area contributed by atoms with E-state index in [0.717, 1.165) is 26.5 Å². The first-order valence-corrected chi connectivity index (χ1v) is 12.3. The maximum atomic E-state index is 13.5. The molecular formula is C28H22BrN3O4. The lowest BCUT2D eigenvalue weighted by Gasteiger charge is -2.21. The van der Waals surface area contributed by atoms with Crippen molar-refractivity contribution in [2.24, 2.45) is 5.10 Å². The molecule has 0 aliphatic carbocycles. The summed E-state index contributed by atoms with van der Waals surface area (Å²) in [6, 6.07) is 24.3. The predicted molar refractivity (Wildman–Crippen MR) is 142 cm³/mol. The second-order valence-electron chi connectivity index (χ2n) is 8.57. The molecule has 0 bridgehead atoms. The summed E-state index contributed by atoms with van der Waals surface area (Å²) in [6.07, 6.45) is -0.144. The van der Waals surface area contributed by atoms with E-state index < -0.39 is 17.9 Å². The number of hydrogen-bond donors (Lipinski definition) is 2. The van der Waals surface area contributed by atoms with Gasteiger partial charge in [0.05, 0.1) is 23.7 Å². The van der Waals surface area contributed by atoms with Crippen molar-refractivity contribution in [3.05, 3.63) is 105 Å². The lowest BCUT2D eigenvalue weighted by molar-refractivity contribution is -0.141. The number of hydrazone groups is 1. The number of carboxylic acids is 1. The lowest BCUT2D eigenvalue weighted by Crippen LogP contribution is -2.27. The summed E-state index contributed by atoms with van der Waals surface area (Å²) in [5.41, 5.74) is 3.74. The van der Waals surface area contributed by atoms with Gasteiger partial charge in [-0.3, -0.25) is 14.4 Å². The molecule has 8 heteroatoms. The number of rotatable bonds is 6. The number of aromatic amines is 1. The summed E-state index contributed by atoms with van der Waals surface area (Å²) >= 11 is 3.54. The average Bonchev–Trinajstić information content (AvgIpc) is 3.33. The number of nitrogens with zero attached hydrogens (tertiary/aromatic N) is 2. The van der Waals surface area contributed by atoms with Gasteiger partial charge in [-0.1, -0.05) is 76.6 Å². The Kier molecular flexibility index (Phi) is 6.52. The zero-order valence-corrected chi connectivity index (χ0v) is 20.7. The molecule has 3 aromatic carbocycles. The number of carbonyl (C=O) groups excluding carboxylic acids is 1. The molecule has 0 radical (unpaired) electrons. The minimum Gasteiger partial charge on any atom is -0.481 e. The zero-order valence-electron chi connectivity index (χ0n) is 19.1. The van der Waals surface area contributed by atoms with E-state index in [1.54, 1.807) is 0 Å². The Balaban J connectivity index is 1.70. The number of benzene rings is 3. The van der Waals surface area contributed by atoms with Crippen LogP contribution in [0.25, 0.3) is 22.0 Å². The zero-order chi connectivity index (χ0) is 25.2. The van der Waals surface area contributed by atoms with Gasteiger partial charge in [0.1, 0.15) is 0 Å². The number of amides is 1. The van der Waals surface area contributed by atoms with E-state index in [0.29, 0.717) is 23.2 Å². The van der Waals surface area contributed by atoms with Gasteiger partial charge in [0.25, 0.3) is 5.56 Å². The summed E-state index contributed by atoms with van der Waals surface area (Å²) in [7, 11) is 0. The fourth-order valence-electron chi connectivity index (χ4n) is 4.60. The monoisotopic (exact) mass is 543 g/mol. The van der Waals surface area contributed by atoms with Crippen molar-refractivity contribution in [1.82, 2.24) is 9.99 Å². The number of hydrogen-bond acceptors (Lipinski definition) is 4. The largest absolute Gasteiger partial charge is 0.481 e. The number of pyridine rings is 1. The first kappa shape index (κ1) is 23.7.